The number of para-hydroxylation sites is 1. The molecule has 3 N–H and O–H groups in total. The van der Waals surface area contributed by atoms with Crippen molar-refractivity contribution in [1.82, 2.24) is 25.8 Å². The highest BCUT2D eigenvalue weighted by molar-refractivity contribution is 5.79. The Morgan fingerprint density at radius 1 is 1.03 bits per heavy atom. The summed E-state index contributed by atoms with van der Waals surface area (Å²) in [5.74, 6) is 3.76. The summed E-state index contributed by atoms with van der Waals surface area (Å²) in [7, 11) is 3.33. The molecule has 0 atom stereocenters. The molecular formula is C22H28N6O2. The van der Waals surface area contributed by atoms with Gasteiger partial charge in [0, 0.05) is 18.7 Å². The van der Waals surface area contributed by atoms with Gasteiger partial charge in [-0.25, -0.2) is 9.98 Å². The van der Waals surface area contributed by atoms with Crippen LogP contribution < -0.4 is 20.1 Å². The molecule has 3 aromatic rings. The molecule has 0 saturated carbocycles. The second kappa shape index (κ2) is 10.8. The highest BCUT2D eigenvalue weighted by Gasteiger charge is 2.07. The Balaban J connectivity index is 1.58. The van der Waals surface area contributed by atoms with E-state index in [4.69, 9.17) is 9.47 Å². The van der Waals surface area contributed by atoms with Gasteiger partial charge in [0.25, 0.3) is 0 Å². The van der Waals surface area contributed by atoms with Gasteiger partial charge in [-0.15, -0.1) is 0 Å². The van der Waals surface area contributed by atoms with E-state index in [9.17, 15) is 0 Å². The minimum absolute atomic E-state index is 0.396. The topological polar surface area (TPSA) is 96.5 Å². The Morgan fingerprint density at radius 3 is 2.57 bits per heavy atom. The maximum absolute atomic E-state index is 5.41. The van der Waals surface area contributed by atoms with Crippen LogP contribution >= 0.6 is 0 Å². The van der Waals surface area contributed by atoms with Crippen LogP contribution in [0.4, 0.5) is 0 Å². The first kappa shape index (κ1) is 21.2. The molecule has 0 spiro atoms. The smallest absolute Gasteiger partial charge is 0.191 e. The highest BCUT2D eigenvalue weighted by Crippen LogP contribution is 2.19. The number of hydrogen-bond donors (Lipinski definition) is 3. The van der Waals surface area contributed by atoms with Crippen molar-refractivity contribution in [3.05, 3.63) is 59.9 Å². The van der Waals surface area contributed by atoms with Gasteiger partial charge in [-0.3, -0.25) is 5.10 Å². The average molecular weight is 409 g/mol. The Hall–Kier alpha value is -3.55. The molecule has 0 aliphatic heterocycles. The summed E-state index contributed by atoms with van der Waals surface area (Å²) in [5, 5.41) is 13.8. The maximum atomic E-state index is 5.41. The third kappa shape index (κ3) is 5.73. The zero-order valence-electron chi connectivity index (χ0n) is 17.6. The second-order valence-electron chi connectivity index (χ2n) is 6.52. The lowest BCUT2D eigenvalue weighted by Crippen LogP contribution is -2.38. The van der Waals surface area contributed by atoms with Crippen molar-refractivity contribution < 1.29 is 9.47 Å². The molecular weight excluding hydrogens is 380 g/mol. The molecule has 0 radical (unpaired) electrons. The number of ether oxygens (including phenoxy) is 2. The SMILES string of the molecule is CCNC(=NCc1nc(-c2ccc(OC)cc2)n[nH]1)NCCc1ccccc1OC. The first-order valence-electron chi connectivity index (χ1n) is 9.93. The molecule has 30 heavy (non-hydrogen) atoms. The molecule has 0 unspecified atom stereocenters. The van der Waals surface area contributed by atoms with E-state index in [0.29, 0.717) is 18.2 Å². The zero-order chi connectivity index (χ0) is 21.2. The molecule has 0 aliphatic carbocycles. The van der Waals surface area contributed by atoms with Crippen LogP contribution in [-0.2, 0) is 13.0 Å². The molecule has 158 valence electrons. The van der Waals surface area contributed by atoms with Crippen LogP contribution in [-0.4, -0.2) is 48.5 Å². The maximum Gasteiger partial charge on any atom is 0.191 e. The van der Waals surface area contributed by atoms with Gasteiger partial charge in [0.15, 0.2) is 11.8 Å². The molecule has 0 saturated heterocycles. The Kier molecular flexibility index (Phi) is 7.65. The number of hydrogen-bond acceptors (Lipinski definition) is 5. The molecule has 0 bridgehead atoms. The number of nitrogens with one attached hydrogen (secondary N) is 3. The van der Waals surface area contributed by atoms with E-state index in [1.807, 2.05) is 49.4 Å². The molecule has 0 fully saturated rings. The Labute approximate surface area is 176 Å². The van der Waals surface area contributed by atoms with E-state index in [1.165, 1.54) is 0 Å². The summed E-state index contributed by atoms with van der Waals surface area (Å²) in [4.78, 5) is 9.13. The molecule has 0 amide bonds. The number of nitrogens with zero attached hydrogens (tertiary/aromatic N) is 3. The van der Waals surface area contributed by atoms with Crippen LogP contribution in [0.3, 0.4) is 0 Å². The van der Waals surface area contributed by atoms with E-state index >= 15 is 0 Å². The fraction of sp³-hybridized carbons (Fsp3) is 0.318. The van der Waals surface area contributed by atoms with E-state index in [2.05, 4.69) is 36.9 Å². The summed E-state index contributed by atoms with van der Waals surface area (Å²) in [5.41, 5.74) is 2.08. The number of methoxy groups -OCH3 is 2. The van der Waals surface area contributed by atoms with Gasteiger partial charge >= 0.3 is 0 Å². The lowest BCUT2D eigenvalue weighted by atomic mass is 10.1. The normalized spacial score (nSPS) is 11.2. The van der Waals surface area contributed by atoms with Crippen molar-refractivity contribution in [3.8, 4) is 22.9 Å². The minimum Gasteiger partial charge on any atom is -0.497 e. The molecule has 8 heteroatoms. The number of aliphatic imine (C=N–C) groups is 1. The zero-order valence-corrected chi connectivity index (χ0v) is 17.6. The second-order valence-corrected chi connectivity index (χ2v) is 6.52. The van der Waals surface area contributed by atoms with Crippen LogP contribution in [0, 0.1) is 0 Å². The summed E-state index contributed by atoms with van der Waals surface area (Å²) < 4.78 is 10.6. The molecule has 1 heterocycles. The number of aromatic nitrogens is 3. The Bertz CT molecular complexity index is 952. The van der Waals surface area contributed by atoms with Gasteiger partial charge < -0.3 is 20.1 Å². The first-order chi connectivity index (χ1) is 14.7. The van der Waals surface area contributed by atoms with Crippen LogP contribution in [0.2, 0.25) is 0 Å². The van der Waals surface area contributed by atoms with Crippen LogP contribution in [0.5, 0.6) is 11.5 Å². The molecule has 2 aromatic carbocycles. The van der Waals surface area contributed by atoms with Crippen LogP contribution in [0.25, 0.3) is 11.4 Å². The van der Waals surface area contributed by atoms with Crippen molar-refractivity contribution in [2.45, 2.75) is 19.9 Å². The van der Waals surface area contributed by atoms with Gasteiger partial charge in [0.2, 0.25) is 0 Å². The van der Waals surface area contributed by atoms with Crippen LogP contribution in [0.15, 0.2) is 53.5 Å². The predicted molar refractivity (Wildman–Crippen MR) is 118 cm³/mol. The van der Waals surface area contributed by atoms with Crippen molar-refractivity contribution in [1.29, 1.82) is 0 Å². The number of rotatable bonds is 9. The largest absolute Gasteiger partial charge is 0.497 e. The molecule has 8 nitrogen and oxygen atoms in total. The first-order valence-corrected chi connectivity index (χ1v) is 9.93. The molecule has 0 aliphatic rings. The average Bonchev–Trinajstić information content (AvgIpc) is 3.27. The van der Waals surface area contributed by atoms with Crippen molar-refractivity contribution in [2.75, 3.05) is 27.3 Å². The summed E-state index contributed by atoms with van der Waals surface area (Å²) >= 11 is 0. The lowest BCUT2D eigenvalue weighted by Gasteiger charge is -2.12. The summed E-state index contributed by atoms with van der Waals surface area (Å²) in [6.45, 7) is 3.94. The predicted octanol–water partition coefficient (Wildman–Crippen LogP) is 2.79. The van der Waals surface area contributed by atoms with Gasteiger partial charge in [-0.05, 0) is 49.2 Å². The number of benzene rings is 2. The fourth-order valence-corrected chi connectivity index (χ4v) is 2.96. The van der Waals surface area contributed by atoms with E-state index in [-0.39, 0.29) is 0 Å². The van der Waals surface area contributed by atoms with E-state index in [0.717, 1.165) is 48.1 Å². The quantitative estimate of drug-likeness (QED) is 0.372. The monoisotopic (exact) mass is 408 g/mol. The third-order valence-electron chi connectivity index (χ3n) is 4.49. The number of H-pyrrole nitrogens is 1. The van der Waals surface area contributed by atoms with Crippen LogP contribution in [0.1, 0.15) is 18.3 Å². The van der Waals surface area contributed by atoms with Gasteiger partial charge in [-0.2, -0.15) is 5.10 Å². The Morgan fingerprint density at radius 2 is 1.83 bits per heavy atom. The summed E-state index contributed by atoms with van der Waals surface area (Å²) in [6, 6.07) is 15.7. The fourth-order valence-electron chi connectivity index (χ4n) is 2.96. The van der Waals surface area contributed by atoms with E-state index in [1.54, 1.807) is 14.2 Å². The number of aromatic amines is 1. The highest BCUT2D eigenvalue weighted by atomic mass is 16.5. The van der Waals surface area contributed by atoms with E-state index < -0.39 is 0 Å². The van der Waals surface area contributed by atoms with Gasteiger partial charge in [0.1, 0.15) is 23.9 Å². The number of guanidine groups is 1. The van der Waals surface area contributed by atoms with Crippen molar-refractivity contribution in [3.63, 3.8) is 0 Å². The lowest BCUT2D eigenvalue weighted by molar-refractivity contribution is 0.409. The van der Waals surface area contributed by atoms with Crippen molar-refractivity contribution >= 4 is 5.96 Å². The standard InChI is InChI=1S/C22H28N6O2/c1-4-23-22(24-14-13-16-7-5-6-8-19(16)30-3)25-15-20-26-21(28-27-20)17-9-11-18(29-2)12-10-17/h5-12H,4,13-15H2,1-3H3,(H2,23,24,25)(H,26,27,28). The minimum atomic E-state index is 0.396. The third-order valence-corrected chi connectivity index (χ3v) is 4.49. The van der Waals surface area contributed by atoms with Crippen molar-refractivity contribution in [2.24, 2.45) is 4.99 Å². The molecule has 3 rings (SSSR count). The van der Waals surface area contributed by atoms with Gasteiger partial charge in [0.05, 0.1) is 14.2 Å². The summed E-state index contributed by atoms with van der Waals surface area (Å²) in [6.07, 6.45) is 0.832. The van der Waals surface area contributed by atoms with Gasteiger partial charge in [-0.1, -0.05) is 18.2 Å². The molecule has 1 aromatic heterocycles.